The van der Waals surface area contributed by atoms with E-state index in [-0.39, 0.29) is 40.7 Å². The van der Waals surface area contributed by atoms with Crippen molar-refractivity contribution in [2.75, 3.05) is 0 Å². The van der Waals surface area contributed by atoms with Crippen LogP contribution in [0.4, 0.5) is 0 Å². The number of allylic oxidation sites excluding steroid dienone is 1. The minimum Gasteiger partial charge on any atom is -0.393 e. The number of carbonyl (C=O) groups excluding carboxylic acids is 1. The molecule has 7 atom stereocenters. The summed E-state index contributed by atoms with van der Waals surface area (Å²) in [5.41, 5.74) is 1.29. The van der Waals surface area contributed by atoms with E-state index < -0.39 is 0 Å². The van der Waals surface area contributed by atoms with Crippen LogP contribution in [0.25, 0.3) is 0 Å². The lowest BCUT2D eigenvalue weighted by Gasteiger charge is -2.52. The predicted octanol–water partition coefficient (Wildman–Crippen LogP) is 4.27. The molecule has 0 spiro atoms. The van der Waals surface area contributed by atoms with Crippen LogP contribution in [-0.4, -0.2) is 28.2 Å². The Morgan fingerprint density at radius 2 is 2.04 bits per heavy atom. The van der Waals surface area contributed by atoms with Crippen molar-refractivity contribution >= 4 is 5.78 Å². The quantitative estimate of drug-likeness (QED) is 0.746. The first kappa shape index (κ1) is 19.1. The van der Waals surface area contributed by atoms with E-state index in [1.54, 1.807) is 6.92 Å². The molecule has 0 radical (unpaired) electrons. The monoisotopic (exact) mass is 348 g/mol. The zero-order valence-corrected chi connectivity index (χ0v) is 16.4. The molecule has 2 fully saturated rings. The minimum atomic E-state index is -0.371. The fraction of sp³-hybridized carbons (Fsp3) is 0.864. The number of hydrogen-bond acceptors (Lipinski definition) is 3. The van der Waals surface area contributed by atoms with Gasteiger partial charge in [-0.15, -0.1) is 0 Å². The fourth-order valence-corrected chi connectivity index (χ4v) is 6.60. The maximum absolute atomic E-state index is 12.1. The molecule has 0 heterocycles. The molecule has 0 aliphatic heterocycles. The molecule has 0 bridgehead atoms. The number of aliphatic hydroxyl groups excluding tert-OH is 2. The molecule has 0 aromatic heterocycles. The Bertz CT molecular complexity index is 553. The third-order valence-electron chi connectivity index (χ3n) is 7.93. The van der Waals surface area contributed by atoms with Crippen LogP contribution in [0.2, 0.25) is 0 Å². The SMILES string of the molecule is CC(=O)C1CCCC1(C)CC(O)C1C(C)CC=C2CC(O)CCC21C. The largest absolute Gasteiger partial charge is 0.393 e. The molecule has 3 heteroatoms. The highest BCUT2D eigenvalue weighted by Gasteiger charge is 2.51. The highest BCUT2D eigenvalue weighted by Crippen LogP contribution is 2.56. The Hall–Kier alpha value is -0.670. The van der Waals surface area contributed by atoms with Gasteiger partial charge in [-0.2, -0.15) is 0 Å². The van der Waals surface area contributed by atoms with Gasteiger partial charge in [-0.1, -0.05) is 38.8 Å². The lowest BCUT2D eigenvalue weighted by molar-refractivity contribution is -0.125. The molecule has 3 nitrogen and oxygen atoms in total. The van der Waals surface area contributed by atoms with Crippen molar-refractivity contribution in [3.63, 3.8) is 0 Å². The third-order valence-corrected chi connectivity index (χ3v) is 7.93. The lowest BCUT2D eigenvalue weighted by Crippen LogP contribution is -2.48. The van der Waals surface area contributed by atoms with Crippen LogP contribution in [0.1, 0.15) is 79.1 Å². The van der Waals surface area contributed by atoms with Gasteiger partial charge in [-0.3, -0.25) is 4.79 Å². The van der Waals surface area contributed by atoms with Crippen molar-refractivity contribution in [2.24, 2.45) is 28.6 Å². The van der Waals surface area contributed by atoms with Gasteiger partial charge in [0.25, 0.3) is 0 Å². The van der Waals surface area contributed by atoms with Crippen molar-refractivity contribution in [2.45, 2.75) is 91.3 Å². The Morgan fingerprint density at radius 1 is 1.32 bits per heavy atom. The summed E-state index contributed by atoms with van der Waals surface area (Å²) in [5.74, 6) is 1.07. The Kier molecular flexibility index (Phi) is 5.20. The third kappa shape index (κ3) is 3.35. The molecule has 142 valence electrons. The van der Waals surface area contributed by atoms with Crippen molar-refractivity contribution in [3.8, 4) is 0 Å². The molecule has 3 rings (SSSR count). The number of aliphatic hydroxyl groups is 2. The van der Waals surface area contributed by atoms with E-state index in [0.717, 1.165) is 51.4 Å². The molecule has 3 aliphatic rings. The second-order valence-electron chi connectivity index (χ2n) is 9.76. The molecule has 2 N–H and O–H groups in total. The van der Waals surface area contributed by atoms with E-state index in [0.29, 0.717) is 5.92 Å². The van der Waals surface area contributed by atoms with Crippen molar-refractivity contribution < 1.29 is 15.0 Å². The van der Waals surface area contributed by atoms with Gasteiger partial charge >= 0.3 is 0 Å². The molecule has 0 saturated heterocycles. The van der Waals surface area contributed by atoms with Crippen molar-refractivity contribution in [1.82, 2.24) is 0 Å². The summed E-state index contributed by atoms with van der Waals surface area (Å²) < 4.78 is 0. The highest BCUT2D eigenvalue weighted by molar-refractivity contribution is 5.79. The first-order valence-electron chi connectivity index (χ1n) is 10.2. The maximum Gasteiger partial charge on any atom is 0.133 e. The average molecular weight is 349 g/mol. The Morgan fingerprint density at radius 3 is 2.72 bits per heavy atom. The summed E-state index contributed by atoms with van der Waals surface area (Å²) in [6.07, 6.45) is 9.14. The average Bonchev–Trinajstić information content (AvgIpc) is 2.89. The van der Waals surface area contributed by atoms with Gasteiger partial charge in [-0.05, 0) is 74.5 Å². The summed E-state index contributed by atoms with van der Waals surface area (Å²) in [6, 6.07) is 0. The summed E-state index contributed by atoms with van der Waals surface area (Å²) >= 11 is 0. The van der Waals surface area contributed by atoms with Gasteiger partial charge in [0.05, 0.1) is 12.2 Å². The van der Waals surface area contributed by atoms with Crippen LogP contribution >= 0.6 is 0 Å². The molecular formula is C22H36O3. The van der Waals surface area contributed by atoms with Crippen LogP contribution in [0, 0.1) is 28.6 Å². The minimum absolute atomic E-state index is 0.00298. The van der Waals surface area contributed by atoms with Crippen LogP contribution < -0.4 is 0 Å². The molecule has 0 amide bonds. The van der Waals surface area contributed by atoms with E-state index >= 15 is 0 Å². The van der Waals surface area contributed by atoms with Crippen molar-refractivity contribution in [1.29, 1.82) is 0 Å². The van der Waals surface area contributed by atoms with Crippen LogP contribution in [0.3, 0.4) is 0 Å². The van der Waals surface area contributed by atoms with Crippen LogP contribution in [0.15, 0.2) is 11.6 Å². The van der Waals surface area contributed by atoms with Crippen LogP contribution in [0.5, 0.6) is 0 Å². The van der Waals surface area contributed by atoms with Gasteiger partial charge in [0.2, 0.25) is 0 Å². The number of hydrogen-bond donors (Lipinski definition) is 2. The molecule has 2 saturated carbocycles. The molecule has 0 aromatic carbocycles. The van der Waals surface area contributed by atoms with Crippen molar-refractivity contribution in [3.05, 3.63) is 11.6 Å². The Balaban J connectivity index is 1.82. The number of fused-ring (bicyclic) bond motifs is 1. The number of Topliss-reactive ketones (excluding diaryl/α,β-unsaturated/α-hetero) is 1. The first-order chi connectivity index (χ1) is 11.7. The molecule has 7 unspecified atom stereocenters. The zero-order valence-electron chi connectivity index (χ0n) is 16.4. The summed E-state index contributed by atoms with van der Waals surface area (Å²) in [6.45, 7) is 8.49. The van der Waals surface area contributed by atoms with Crippen LogP contribution in [-0.2, 0) is 4.79 Å². The second kappa shape index (κ2) is 6.81. The summed E-state index contributed by atoms with van der Waals surface area (Å²) in [7, 11) is 0. The van der Waals surface area contributed by atoms with E-state index in [4.69, 9.17) is 0 Å². The zero-order chi connectivity index (χ0) is 18.4. The number of rotatable bonds is 4. The smallest absolute Gasteiger partial charge is 0.133 e. The van der Waals surface area contributed by atoms with Gasteiger partial charge in [0.15, 0.2) is 0 Å². The van der Waals surface area contributed by atoms with Gasteiger partial charge in [-0.25, -0.2) is 0 Å². The van der Waals surface area contributed by atoms with E-state index in [1.165, 1.54) is 5.57 Å². The standard InChI is InChI=1S/C22H36O3/c1-14-7-8-16-12-17(24)9-11-22(16,4)20(14)19(25)13-21(3)10-5-6-18(21)15(2)23/h8,14,17-20,24-25H,5-7,9-13H2,1-4H3. The Labute approximate surface area is 152 Å². The van der Waals surface area contributed by atoms with Gasteiger partial charge in [0, 0.05) is 5.92 Å². The predicted molar refractivity (Wildman–Crippen MR) is 100 cm³/mol. The van der Waals surface area contributed by atoms with E-state index in [2.05, 4.69) is 26.8 Å². The fourth-order valence-electron chi connectivity index (χ4n) is 6.60. The highest BCUT2D eigenvalue weighted by atomic mass is 16.3. The number of carbonyl (C=O) groups is 1. The molecule has 3 aliphatic carbocycles. The maximum atomic E-state index is 12.1. The lowest BCUT2D eigenvalue weighted by atomic mass is 9.54. The van der Waals surface area contributed by atoms with Gasteiger partial charge in [0.1, 0.15) is 5.78 Å². The second-order valence-corrected chi connectivity index (χ2v) is 9.76. The number of ketones is 1. The molecular weight excluding hydrogens is 312 g/mol. The molecule has 0 aromatic rings. The van der Waals surface area contributed by atoms with E-state index in [1.807, 2.05) is 0 Å². The topological polar surface area (TPSA) is 57.5 Å². The van der Waals surface area contributed by atoms with E-state index in [9.17, 15) is 15.0 Å². The first-order valence-corrected chi connectivity index (χ1v) is 10.2. The normalized spacial score (nSPS) is 45.6. The molecule has 25 heavy (non-hydrogen) atoms. The summed E-state index contributed by atoms with van der Waals surface area (Å²) in [5, 5.41) is 21.4. The summed E-state index contributed by atoms with van der Waals surface area (Å²) in [4.78, 5) is 12.1. The van der Waals surface area contributed by atoms with Gasteiger partial charge < -0.3 is 10.2 Å².